The minimum Gasteiger partial charge on any atom is -0.481 e. The van der Waals surface area contributed by atoms with Crippen molar-refractivity contribution >= 4 is 12.0 Å². The summed E-state index contributed by atoms with van der Waals surface area (Å²) in [6.45, 7) is 10.00. The van der Waals surface area contributed by atoms with E-state index in [0.29, 0.717) is 31.8 Å². The predicted molar refractivity (Wildman–Crippen MR) is 80.8 cm³/mol. The van der Waals surface area contributed by atoms with Crippen molar-refractivity contribution in [3.8, 4) is 0 Å². The van der Waals surface area contributed by atoms with Gasteiger partial charge in [0, 0.05) is 19.6 Å². The zero-order valence-electron chi connectivity index (χ0n) is 13.3. The van der Waals surface area contributed by atoms with Crippen LogP contribution in [0, 0.1) is 11.8 Å². The molecule has 0 aromatic heterocycles. The first kappa shape index (κ1) is 18.7. The molecule has 2 amide bonds. The lowest BCUT2D eigenvalue weighted by molar-refractivity contribution is -0.141. The van der Waals surface area contributed by atoms with Crippen molar-refractivity contribution in [2.45, 2.75) is 53.4 Å². The fourth-order valence-corrected chi connectivity index (χ4v) is 2.05. The Hall–Kier alpha value is -1.26. The Kier molecular flexibility index (Phi) is 9.86. The molecule has 1 unspecified atom stereocenters. The normalized spacial score (nSPS) is 12.2. The number of nitrogens with zero attached hydrogens (tertiary/aromatic N) is 1. The first-order valence-corrected chi connectivity index (χ1v) is 7.71. The third-order valence-corrected chi connectivity index (χ3v) is 3.81. The van der Waals surface area contributed by atoms with Crippen LogP contribution in [0.4, 0.5) is 4.79 Å². The van der Waals surface area contributed by atoms with E-state index in [2.05, 4.69) is 19.2 Å². The molecule has 2 N–H and O–H groups in total. The average Bonchev–Trinajstić information content (AvgIpc) is 2.44. The van der Waals surface area contributed by atoms with Gasteiger partial charge in [-0.05, 0) is 25.7 Å². The number of carboxylic acids is 1. The number of rotatable bonds is 10. The molecule has 0 heterocycles. The molecule has 0 aliphatic heterocycles. The Morgan fingerprint density at radius 2 is 1.80 bits per heavy atom. The lowest BCUT2D eigenvalue weighted by Gasteiger charge is -2.25. The van der Waals surface area contributed by atoms with Crippen LogP contribution in [0.5, 0.6) is 0 Å². The van der Waals surface area contributed by atoms with E-state index >= 15 is 0 Å². The number of hydrogen-bond acceptors (Lipinski definition) is 2. The third kappa shape index (κ3) is 7.36. The van der Waals surface area contributed by atoms with Crippen LogP contribution in [0.25, 0.3) is 0 Å². The van der Waals surface area contributed by atoms with Crippen molar-refractivity contribution in [2.24, 2.45) is 11.8 Å². The maximum atomic E-state index is 12.0. The van der Waals surface area contributed by atoms with Crippen LogP contribution in [0.1, 0.15) is 53.4 Å². The molecule has 5 nitrogen and oxygen atoms in total. The molecule has 5 heteroatoms. The second-order valence-electron chi connectivity index (χ2n) is 5.33. The highest BCUT2D eigenvalue weighted by molar-refractivity contribution is 5.74. The van der Waals surface area contributed by atoms with E-state index in [9.17, 15) is 9.59 Å². The minimum absolute atomic E-state index is 0.0395. The van der Waals surface area contributed by atoms with Crippen LogP contribution in [0.2, 0.25) is 0 Å². The zero-order valence-corrected chi connectivity index (χ0v) is 13.3. The number of nitrogens with one attached hydrogen (secondary N) is 1. The van der Waals surface area contributed by atoms with Gasteiger partial charge in [0.2, 0.25) is 0 Å². The molecule has 0 saturated carbocycles. The molecule has 0 aromatic rings. The molecule has 118 valence electrons. The van der Waals surface area contributed by atoms with Crippen LogP contribution < -0.4 is 5.32 Å². The number of carbonyl (C=O) groups is 2. The van der Waals surface area contributed by atoms with Crippen LogP contribution >= 0.6 is 0 Å². The monoisotopic (exact) mass is 286 g/mol. The summed E-state index contributed by atoms with van der Waals surface area (Å²) in [6, 6.07) is -0.0395. The van der Waals surface area contributed by atoms with E-state index in [1.807, 2.05) is 11.8 Å². The summed E-state index contributed by atoms with van der Waals surface area (Å²) in [5.41, 5.74) is 0. The Bertz CT molecular complexity index is 291. The molecule has 0 fully saturated rings. The van der Waals surface area contributed by atoms with Gasteiger partial charge in [0.15, 0.2) is 0 Å². The van der Waals surface area contributed by atoms with E-state index in [1.54, 1.807) is 6.92 Å². The molecule has 0 aromatic carbocycles. The van der Waals surface area contributed by atoms with Gasteiger partial charge in [-0.3, -0.25) is 4.79 Å². The zero-order chi connectivity index (χ0) is 15.5. The predicted octanol–water partition coefficient (Wildman–Crippen LogP) is 2.96. The van der Waals surface area contributed by atoms with Gasteiger partial charge >= 0.3 is 12.0 Å². The van der Waals surface area contributed by atoms with E-state index in [0.717, 1.165) is 19.4 Å². The number of carboxylic acid groups (broad SMARTS) is 1. The van der Waals surface area contributed by atoms with Gasteiger partial charge in [-0.2, -0.15) is 0 Å². The molecule has 1 atom stereocenters. The number of aliphatic carboxylic acids is 1. The van der Waals surface area contributed by atoms with Crippen molar-refractivity contribution < 1.29 is 14.7 Å². The van der Waals surface area contributed by atoms with E-state index in [4.69, 9.17) is 5.11 Å². The summed E-state index contributed by atoms with van der Waals surface area (Å²) in [7, 11) is 0. The van der Waals surface area contributed by atoms with Crippen LogP contribution in [-0.2, 0) is 4.79 Å². The van der Waals surface area contributed by atoms with Gasteiger partial charge < -0.3 is 15.3 Å². The van der Waals surface area contributed by atoms with Gasteiger partial charge in [-0.1, -0.05) is 33.6 Å². The highest BCUT2D eigenvalue weighted by atomic mass is 16.4. The number of hydrogen-bond donors (Lipinski definition) is 2. The van der Waals surface area contributed by atoms with Crippen LogP contribution in [-0.4, -0.2) is 41.6 Å². The summed E-state index contributed by atoms with van der Waals surface area (Å²) in [5.74, 6) is -0.577. The summed E-state index contributed by atoms with van der Waals surface area (Å²) < 4.78 is 0. The SMILES string of the molecule is CCC(CC)CN(CC)C(=O)NCCCC(C)C(=O)O. The Balaban J connectivity index is 4.01. The highest BCUT2D eigenvalue weighted by Gasteiger charge is 2.15. The lowest BCUT2D eigenvalue weighted by Crippen LogP contribution is -2.42. The fourth-order valence-electron chi connectivity index (χ4n) is 2.05. The summed E-state index contributed by atoms with van der Waals surface area (Å²) >= 11 is 0. The van der Waals surface area contributed by atoms with E-state index in [1.165, 1.54) is 0 Å². The topological polar surface area (TPSA) is 69.6 Å². The van der Waals surface area contributed by atoms with Gasteiger partial charge in [0.25, 0.3) is 0 Å². The van der Waals surface area contributed by atoms with Gasteiger partial charge in [0.1, 0.15) is 0 Å². The number of urea groups is 1. The Morgan fingerprint density at radius 1 is 1.20 bits per heavy atom. The first-order chi connectivity index (χ1) is 9.46. The average molecular weight is 286 g/mol. The fraction of sp³-hybridized carbons (Fsp3) is 0.867. The molecule has 0 rings (SSSR count). The standard InChI is InChI=1S/C15H30N2O3/c1-5-13(6-2)11-17(7-3)15(20)16-10-8-9-12(4)14(18)19/h12-13H,5-11H2,1-4H3,(H,16,20)(H,18,19). The second kappa shape index (κ2) is 10.5. The Morgan fingerprint density at radius 3 is 2.25 bits per heavy atom. The molecule has 0 saturated heterocycles. The van der Waals surface area contributed by atoms with Crippen molar-refractivity contribution in [1.82, 2.24) is 10.2 Å². The highest BCUT2D eigenvalue weighted by Crippen LogP contribution is 2.10. The largest absolute Gasteiger partial charge is 0.481 e. The summed E-state index contributed by atoms with van der Waals surface area (Å²) in [5, 5.41) is 11.7. The van der Waals surface area contributed by atoms with Crippen LogP contribution in [0.3, 0.4) is 0 Å². The van der Waals surface area contributed by atoms with Gasteiger partial charge in [0.05, 0.1) is 5.92 Å². The molecule has 0 spiro atoms. The van der Waals surface area contributed by atoms with E-state index < -0.39 is 5.97 Å². The van der Waals surface area contributed by atoms with Crippen molar-refractivity contribution in [3.05, 3.63) is 0 Å². The number of amides is 2. The maximum Gasteiger partial charge on any atom is 0.317 e. The lowest BCUT2D eigenvalue weighted by atomic mass is 10.0. The van der Waals surface area contributed by atoms with Crippen molar-refractivity contribution in [3.63, 3.8) is 0 Å². The van der Waals surface area contributed by atoms with Crippen molar-refractivity contribution in [2.75, 3.05) is 19.6 Å². The summed E-state index contributed by atoms with van der Waals surface area (Å²) in [6.07, 6.45) is 3.45. The van der Waals surface area contributed by atoms with Gasteiger partial charge in [-0.15, -0.1) is 0 Å². The molecule has 0 bridgehead atoms. The molecular formula is C15H30N2O3. The smallest absolute Gasteiger partial charge is 0.317 e. The summed E-state index contributed by atoms with van der Waals surface area (Å²) in [4.78, 5) is 24.5. The third-order valence-electron chi connectivity index (χ3n) is 3.81. The first-order valence-electron chi connectivity index (χ1n) is 7.71. The second-order valence-corrected chi connectivity index (χ2v) is 5.33. The number of carbonyl (C=O) groups excluding carboxylic acids is 1. The Labute approximate surface area is 122 Å². The molecule has 0 aliphatic rings. The molecule has 20 heavy (non-hydrogen) atoms. The van der Waals surface area contributed by atoms with Crippen molar-refractivity contribution in [1.29, 1.82) is 0 Å². The van der Waals surface area contributed by atoms with E-state index in [-0.39, 0.29) is 11.9 Å². The van der Waals surface area contributed by atoms with Crippen LogP contribution in [0.15, 0.2) is 0 Å². The maximum absolute atomic E-state index is 12.0. The minimum atomic E-state index is -0.778. The molecule has 0 radical (unpaired) electrons. The quantitative estimate of drug-likeness (QED) is 0.607. The molecule has 0 aliphatic carbocycles. The van der Waals surface area contributed by atoms with Gasteiger partial charge in [-0.25, -0.2) is 4.79 Å². The molecular weight excluding hydrogens is 256 g/mol.